The topological polar surface area (TPSA) is 103 Å². The smallest absolute Gasteiger partial charge is 0.335 e. The fourth-order valence-corrected chi connectivity index (χ4v) is 2.01. The first kappa shape index (κ1) is 15.2. The van der Waals surface area contributed by atoms with Gasteiger partial charge in [0.15, 0.2) is 0 Å². The summed E-state index contributed by atoms with van der Waals surface area (Å²) in [5.74, 6) is -1.57. The van der Waals surface area contributed by atoms with Crippen LogP contribution in [0.3, 0.4) is 0 Å². The maximum atomic E-state index is 11.7. The van der Waals surface area contributed by atoms with Crippen LogP contribution in [0.4, 0.5) is 0 Å². The Morgan fingerprint density at radius 2 is 2.09 bits per heavy atom. The molecule has 2 rings (SSSR count). The van der Waals surface area contributed by atoms with Gasteiger partial charge in [0.1, 0.15) is 5.69 Å². The van der Waals surface area contributed by atoms with Gasteiger partial charge in [-0.05, 0) is 29.8 Å². The molecule has 0 aliphatic carbocycles. The molecule has 22 heavy (non-hydrogen) atoms. The summed E-state index contributed by atoms with van der Waals surface area (Å²) in [6.45, 7) is 0. The molecule has 2 N–H and O–H groups in total. The number of carbonyl (C=O) groups is 2. The second-order valence-corrected chi connectivity index (χ2v) is 4.61. The molecule has 110 valence electrons. The lowest BCUT2D eigenvalue weighted by Crippen LogP contribution is -2.20. The average molecular weight is 295 g/mol. The van der Waals surface area contributed by atoms with Crippen molar-refractivity contribution in [3.05, 3.63) is 64.5 Å². The predicted molar refractivity (Wildman–Crippen MR) is 78.5 cm³/mol. The van der Waals surface area contributed by atoms with E-state index in [1.807, 2.05) is 12.1 Å². The average Bonchev–Trinajstić information content (AvgIpc) is 2.53. The van der Waals surface area contributed by atoms with Crippen LogP contribution in [-0.2, 0) is 6.42 Å². The highest BCUT2D eigenvalue weighted by atomic mass is 16.4. The van der Waals surface area contributed by atoms with Crippen LogP contribution >= 0.6 is 0 Å². The van der Waals surface area contributed by atoms with Crippen LogP contribution in [0.1, 0.15) is 37.7 Å². The van der Waals surface area contributed by atoms with Crippen molar-refractivity contribution in [3.8, 4) is 6.07 Å². The second-order valence-electron chi connectivity index (χ2n) is 4.61. The number of nitriles is 1. The SMILES string of the molecule is CNC(=O)c1cc(C(=O)O)cc(Cc2cccc(C#N)c2)n1. The summed E-state index contributed by atoms with van der Waals surface area (Å²) in [5, 5.41) is 20.5. The molecule has 6 nitrogen and oxygen atoms in total. The minimum Gasteiger partial charge on any atom is -0.478 e. The molecule has 1 heterocycles. The third kappa shape index (κ3) is 3.46. The predicted octanol–water partition coefficient (Wildman–Crippen LogP) is 1.60. The number of aromatic carboxylic acids is 1. The van der Waals surface area contributed by atoms with E-state index in [1.165, 1.54) is 19.2 Å². The fourth-order valence-electron chi connectivity index (χ4n) is 2.01. The van der Waals surface area contributed by atoms with Crippen molar-refractivity contribution in [1.29, 1.82) is 5.26 Å². The molecule has 0 bridgehead atoms. The molecule has 0 aliphatic heterocycles. The van der Waals surface area contributed by atoms with Crippen molar-refractivity contribution in [2.45, 2.75) is 6.42 Å². The van der Waals surface area contributed by atoms with Gasteiger partial charge >= 0.3 is 5.97 Å². The van der Waals surface area contributed by atoms with Gasteiger partial charge in [0.25, 0.3) is 5.91 Å². The van der Waals surface area contributed by atoms with E-state index in [2.05, 4.69) is 10.3 Å². The van der Waals surface area contributed by atoms with Crippen LogP contribution in [0.25, 0.3) is 0 Å². The Bertz CT molecular complexity index is 778. The van der Waals surface area contributed by atoms with Gasteiger partial charge < -0.3 is 10.4 Å². The van der Waals surface area contributed by atoms with E-state index in [9.17, 15) is 9.59 Å². The van der Waals surface area contributed by atoms with Gasteiger partial charge in [-0.25, -0.2) is 9.78 Å². The van der Waals surface area contributed by atoms with Crippen LogP contribution < -0.4 is 5.32 Å². The summed E-state index contributed by atoms with van der Waals surface area (Å²) in [6.07, 6.45) is 0.334. The van der Waals surface area contributed by atoms with Gasteiger partial charge in [0, 0.05) is 19.2 Å². The van der Waals surface area contributed by atoms with Crippen molar-refractivity contribution in [2.75, 3.05) is 7.05 Å². The first-order valence-electron chi connectivity index (χ1n) is 6.49. The Morgan fingerprint density at radius 3 is 2.73 bits per heavy atom. The zero-order chi connectivity index (χ0) is 16.1. The molecule has 1 aromatic heterocycles. The number of nitrogens with one attached hydrogen (secondary N) is 1. The van der Waals surface area contributed by atoms with E-state index in [0.717, 1.165) is 5.56 Å². The van der Waals surface area contributed by atoms with E-state index in [-0.39, 0.29) is 11.3 Å². The normalized spacial score (nSPS) is 9.82. The van der Waals surface area contributed by atoms with Crippen molar-refractivity contribution in [2.24, 2.45) is 0 Å². The molecular formula is C16H13N3O3. The number of carboxylic acids is 1. The molecule has 0 radical (unpaired) electrons. The maximum absolute atomic E-state index is 11.7. The monoisotopic (exact) mass is 295 g/mol. The first-order chi connectivity index (χ1) is 10.5. The number of hydrogen-bond donors (Lipinski definition) is 2. The Morgan fingerprint density at radius 1 is 1.32 bits per heavy atom. The van der Waals surface area contributed by atoms with Crippen LogP contribution in [0.2, 0.25) is 0 Å². The van der Waals surface area contributed by atoms with Crippen LogP contribution in [0, 0.1) is 11.3 Å². The number of amides is 1. The zero-order valence-electron chi connectivity index (χ0n) is 11.8. The molecule has 0 spiro atoms. The van der Waals surface area contributed by atoms with E-state index < -0.39 is 11.9 Å². The lowest BCUT2D eigenvalue weighted by molar-refractivity contribution is 0.0696. The molecule has 0 unspecified atom stereocenters. The third-order valence-corrected chi connectivity index (χ3v) is 3.03. The summed E-state index contributed by atoms with van der Waals surface area (Å²) in [6, 6.07) is 11.6. The number of carbonyl (C=O) groups excluding carboxylic acids is 1. The van der Waals surface area contributed by atoms with E-state index in [0.29, 0.717) is 17.7 Å². The number of benzene rings is 1. The van der Waals surface area contributed by atoms with Gasteiger partial charge in [-0.1, -0.05) is 12.1 Å². The number of nitrogens with zero attached hydrogens (tertiary/aromatic N) is 2. The molecule has 0 saturated carbocycles. The molecule has 1 aromatic carbocycles. The number of rotatable bonds is 4. The van der Waals surface area contributed by atoms with Crippen LogP contribution in [0.15, 0.2) is 36.4 Å². The molecule has 6 heteroatoms. The maximum Gasteiger partial charge on any atom is 0.335 e. The van der Waals surface area contributed by atoms with Gasteiger partial charge in [-0.2, -0.15) is 5.26 Å². The summed E-state index contributed by atoms with van der Waals surface area (Å²) < 4.78 is 0. The number of aromatic nitrogens is 1. The zero-order valence-corrected chi connectivity index (χ0v) is 11.8. The third-order valence-electron chi connectivity index (χ3n) is 3.03. The molecule has 0 saturated heterocycles. The molecule has 0 aliphatic rings. The van der Waals surface area contributed by atoms with Crippen molar-refractivity contribution < 1.29 is 14.7 Å². The van der Waals surface area contributed by atoms with E-state index in [4.69, 9.17) is 10.4 Å². The summed E-state index contributed by atoms with van der Waals surface area (Å²) >= 11 is 0. The minimum absolute atomic E-state index is 0.0000350. The molecule has 1 amide bonds. The lowest BCUT2D eigenvalue weighted by atomic mass is 10.0. The minimum atomic E-state index is -1.13. The van der Waals surface area contributed by atoms with Crippen molar-refractivity contribution in [1.82, 2.24) is 10.3 Å². The van der Waals surface area contributed by atoms with Crippen LogP contribution in [0.5, 0.6) is 0 Å². The highest BCUT2D eigenvalue weighted by molar-refractivity contribution is 5.95. The highest BCUT2D eigenvalue weighted by Gasteiger charge is 2.13. The Kier molecular flexibility index (Phi) is 4.49. The lowest BCUT2D eigenvalue weighted by Gasteiger charge is -2.07. The standard InChI is InChI=1S/C16H13N3O3/c1-18-15(20)14-8-12(16(21)22)7-13(19-14)6-10-3-2-4-11(5-10)9-17/h2-5,7-8H,6H2,1H3,(H,18,20)(H,21,22). The Labute approximate surface area is 127 Å². The van der Waals surface area contributed by atoms with Crippen LogP contribution in [-0.4, -0.2) is 29.0 Å². The van der Waals surface area contributed by atoms with E-state index >= 15 is 0 Å². The van der Waals surface area contributed by atoms with Crippen molar-refractivity contribution >= 4 is 11.9 Å². The quantitative estimate of drug-likeness (QED) is 0.891. The second kappa shape index (κ2) is 6.50. The first-order valence-corrected chi connectivity index (χ1v) is 6.49. The van der Waals surface area contributed by atoms with Gasteiger partial charge in [0.2, 0.25) is 0 Å². The van der Waals surface area contributed by atoms with Gasteiger partial charge in [-0.3, -0.25) is 4.79 Å². The number of hydrogen-bond acceptors (Lipinski definition) is 4. The summed E-state index contributed by atoms with van der Waals surface area (Å²) in [5.41, 5.74) is 1.83. The number of carboxylic acid groups (broad SMARTS) is 1. The summed E-state index contributed by atoms with van der Waals surface area (Å²) in [4.78, 5) is 27.0. The largest absolute Gasteiger partial charge is 0.478 e. The van der Waals surface area contributed by atoms with Gasteiger partial charge in [-0.15, -0.1) is 0 Å². The van der Waals surface area contributed by atoms with Gasteiger partial charge in [0.05, 0.1) is 17.2 Å². The fraction of sp³-hybridized carbons (Fsp3) is 0.125. The highest BCUT2D eigenvalue weighted by Crippen LogP contribution is 2.13. The molecule has 0 fully saturated rings. The van der Waals surface area contributed by atoms with E-state index in [1.54, 1.807) is 18.2 Å². The Hall–Kier alpha value is -3.20. The molecule has 2 aromatic rings. The summed E-state index contributed by atoms with van der Waals surface area (Å²) in [7, 11) is 1.45. The Balaban J connectivity index is 2.41. The molecule has 0 atom stereocenters. The molecular weight excluding hydrogens is 282 g/mol. The number of pyridine rings is 1. The van der Waals surface area contributed by atoms with Crippen molar-refractivity contribution in [3.63, 3.8) is 0 Å².